The summed E-state index contributed by atoms with van der Waals surface area (Å²) in [6, 6.07) is 0.351. The first kappa shape index (κ1) is 17.2. The zero-order valence-electron chi connectivity index (χ0n) is 12.3. The summed E-state index contributed by atoms with van der Waals surface area (Å²) in [5.74, 6) is 0.0959. The summed E-state index contributed by atoms with van der Waals surface area (Å²) in [7, 11) is 0. The van der Waals surface area contributed by atoms with Gasteiger partial charge in [0.05, 0.1) is 0 Å². The maximum atomic E-state index is 11.2. The predicted molar refractivity (Wildman–Crippen MR) is 89.3 cm³/mol. The van der Waals surface area contributed by atoms with Gasteiger partial charge in [-0.05, 0) is 32.6 Å². The van der Waals surface area contributed by atoms with Crippen LogP contribution in [0, 0.1) is 0 Å². The minimum Gasteiger partial charge on any atom is -0.354 e. The van der Waals surface area contributed by atoms with Crippen LogP contribution >= 0.6 is 25.3 Å². The highest BCUT2D eigenvalue weighted by molar-refractivity contribution is 7.85. The highest BCUT2D eigenvalue weighted by atomic mass is 32.1. The van der Waals surface area contributed by atoms with Crippen molar-refractivity contribution in [2.75, 3.05) is 0 Å². The van der Waals surface area contributed by atoms with E-state index < -0.39 is 0 Å². The minimum atomic E-state index is 0.0335. The average Bonchev–Trinajstić information content (AvgIpc) is 2.30. The number of carbonyl (C=O) groups is 1. The van der Waals surface area contributed by atoms with E-state index in [1.807, 2.05) is 0 Å². The first-order valence-electron chi connectivity index (χ1n) is 7.59. The van der Waals surface area contributed by atoms with E-state index in [4.69, 9.17) is 25.3 Å². The van der Waals surface area contributed by atoms with E-state index in [0.717, 1.165) is 32.1 Å². The molecular weight excluding hydrogens is 274 g/mol. The van der Waals surface area contributed by atoms with Crippen LogP contribution < -0.4 is 5.32 Å². The lowest BCUT2D eigenvalue weighted by atomic mass is 9.91. The number of hydrogen-bond donors (Lipinski definition) is 3. The lowest BCUT2D eigenvalue weighted by Crippen LogP contribution is -2.34. The number of thiol groups is 2. The van der Waals surface area contributed by atoms with Crippen molar-refractivity contribution in [1.29, 1.82) is 0 Å². The molecule has 1 amide bonds. The monoisotopic (exact) mass is 303 g/mol. The lowest BCUT2D eigenvalue weighted by Gasteiger charge is -2.31. The summed E-state index contributed by atoms with van der Waals surface area (Å²) in [6.45, 7) is 3.83. The number of nitrogens with one attached hydrogen (secondary N) is 1. The Morgan fingerprint density at radius 3 is 2.42 bits per heavy atom. The molecule has 1 N–H and O–H groups in total. The maximum absolute atomic E-state index is 11.2. The van der Waals surface area contributed by atoms with E-state index in [0.29, 0.717) is 11.3 Å². The van der Waals surface area contributed by atoms with Crippen molar-refractivity contribution in [3.8, 4) is 0 Å². The fourth-order valence-corrected chi connectivity index (χ4v) is 3.44. The fraction of sp³-hybridized carbons (Fsp3) is 0.933. The molecule has 0 bridgehead atoms. The molecule has 4 heteroatoms. The van der Waals surface area contributed by atoms with Gasteiger partial charge in [-0.3, -0.25) is 4.79 Å². The zero-order chi connectivity index (χ0) is 14.3. The van der Waals surface area contributed by atoms with Crippen LogP contribution in [0.25, 0.3) is 0 Å². The molecule has 2 nitrogen and oxygen atoms in total. The third kappa shape index (κ3) is 6.94. The molecule has 1 aliphatic rings. The van der Waals surface area contributed by atoms with Crippen molar-refractivity contribution >= 4 is 31.2 Å². The topological polar surface area (TPSA) is 29.1 Å². The van der Waals surface area contributed by atoms with Gasteiger partial charge in [0.25, 0.3) is 0 Å². The van der Waals surface area contributed by atoms with E-state index in [-0.39, 0.29) is 10.7 Å². The molecular formula is C15H29NOS2. The Kier molecular flexibility index (Phi) is 7.66. The van der Waals surface area contributed by atoms with E-state index in [2.05, 4.69) is 12.2 Å². The van der Waals surface area contributed by atoms with Crippen LogP contribution in [0.15, 0.2) is 0 Å². The number of carbonyl (C=O) groups excluding carboxylic acids is 1. The van der Waals surface area contributed by atoms with Gasteiger partial charge in [-0.2, -0.15) is 25.3 Å². The second kappa shape index (κ2) is 8.46. The Morgan fingerprint density at radius 1 is 1.11 bits per heavy atom. The summed E-state index contributed by atoms with van der Waals surface area (Å²) in [6.07, 6.45) is 10.5. The van der Waals surface area contributed by atoms with Gasteiger partial charge in [0.15, 0.2) is 0 Å². The van der Waals surface area contributed by atoms with E-state index >= 15 is 0 Å². The largest absolute Gasteiger partial charge is 0.354 e. The standard InChI is InChI=1S/C15H29NOS2/c1-12(17)16-13-8-5-3-4-6-11-15(2,19)14(18)10-7-9-13/h13-14,18-19H,3-11H2,1-2H3,(H,16,17). The molecule has 1 saturated carbocycles. The highest BCUT2D eigenvalue weighted by Crippen LogP contribution is 2.33. The van der Waals surface area contributed by atoms with Crippen LogP contribution in [0.1, 0.15) is 71.6 Å². The molecule has 0 radical (unpaired) electrons. The van der Waals surface area contributed by atoms with Gasteiger partial charge in [0.1, 0.15) is 0 Å². The van der Waals surface area contributed by atoms with Crippen molar-refractivity contribution in [1.82, 2.24) is 5.32 Å². The average molecular weight is 304 g/mol. The quantitative estimate of drug-likeness (QED) is 0.628. The molecule has 0 heterocycles. The van der Waals surface area contributed by atoms with Gasteiger partial charge in [0.2, 0.25) is 5.91 Å². The van der Waals surface area contributed by atoms with Gasteiger partial charge in [0, 0.05) is 23.0 Å². The molecule has 3 unspecified atom stereocenters. The second-order valence-electron chi connectivity index (χ2n) is 6.15. The fourth-order valence-electron chi connectivity index (χ4n) is 2.84. The SMILES string of the molecule is CC(=O)NC1CCCCCCC(C)(S)C(S)CCC1. The normalized spacial score (nSPS) is 34.9. The molecule has 0 aromatic carbocycles. The first-order valence-corrected chi connectivity index (χ1v) is 8.56. The summed E-state index contributed by atoms with van der Waals surface area (Å²) in [5, 5.41) is 3.43. The van der Waals surface area contributed by atoms with Crippen LogP contribution in [-0.4, -0.2) is 21.9 Å². The molecule has 0 aromatic rings. The molecule has 1 fully saturated rings. The Morgan fingerprint density at radius 2 is 1.74 bits per heavy atom. The van der Waals surface area contributed by atoms with Crippen LogP contribution in [0.5, 0.6) is 0 Å². The molecule has 19 heavy (non-hydrogen) atoms. The van der Waals surface area contributed by atoms with Gasteiger partial charge in [-0.15, -0.1) is 0 Å². The van der Waals surface area contributed by atoms with Crippen molar-refractivity contribution < 1.29 is 4.79 Å². The molecule has 0 aromatic heterocycles. The summed E-state index contributed by atoms with van der Waals surface area (Å²) >= 11 is 9.55. The van der Waals surface area contributed by atoms with Gasteiger partial charge < -0.3 is 5.32 Å². The molecule has 112 valence electrons. The van der Waals surface area contributed by atoms with Gasteiger partial charge >= 0.3 is 0 Å². The number of amides is 1. The Balaban J connectivity index is 2.52. The molecule has 0 spiro atoms. The smallest absolute Gasteiger partial charge is 0.217 e. The second-order valence-corrected chi connectivity index (χ2v) is 7.80. The van der Waals surface area contributed by atoms with E-state index in [1.54, 1.807) is 6.92 Å². The van der Waals surface area contributed by atoms with Crippen molar-refractivity contribution in [2.24, 2.45) is 0 Å². The van der Waals surface area contributed by atoms with E-state index in [9.17, 15) is 4.79 Å². The van der Waals surface area contributed by atoms with Crippen molar-refractivity contribution in [3.05, 3.63) is 0 Å². The van der Waals surface area contributed by atoms with Crippen molar-refractivity contribution in [3.63, 3.8) is 0 Å². The van der Waals surface area contributed by atoms with Crippen molar-refractivity contribution in [2.45, 2.75) is 87.7 Å². The number of rotatable bonds is 1. The lowest BCUT2D eigenvalue weighted by molar-refractivity contribution is -0.119. The van der Waals surface area contributed by atoms with E-state index in [1.165, 1.54) is 25.7 Å². The summed E-state index contributed by atoms with van der Waals surface area (Å²) in [5.41, 5.74) is 0. The van der Waals surface area contributed by atoms with Crippen LogP contribution in [0.4, 0.5) is 0 Å². The maximum Gasteiger partial charge on any atom is 0.217 e. The Bertz CT molecular complexity index is 281. The molecule has 1 aliphatic carbocycles. The predicted octanol–water partition coefficient (Wildman–Crippen LogP) is 4.00. The Labute approximate surface area is 129 Å². The number of hydrogen-bond acceptors (Lipinski definition) is 3. The van der Waals surface area contributed by atoms with Crippen LogP contribution in [-0.2, 0) is 4.79 Å². The highest BCUT2D eigenvalue weighted by Gasteiger charge is 2.27. The van der Waals surface area contributed by atoms with Gasteiger partial charge in [-0.25, -0.2) is 0 Å². The molecule has 1 rings (SSSR count). The third-order valence-electron chi connectivity index (χ3n) is 4.14. The van der Waals surface area contributed by atoms with Crippen LogP contribution in [0.3, 0.4) is 0 Å². The summed E-state index contributed by atoms with van der Waals surface area (Å²) < 4.78 is 0.0335. The van der Waals surface area contributed by atoms with Gasteiger partial charge in [-0.1, -0.05) is 32.1 Å². The minimum absolute atomic E-state index is 0.0335. The first-order chi connectivity index (χ1) is 8.92. The molecule has 0 aliphatic heterocycles. The third-order valence-corrected chi connectivity index (χ3v) is 5.71. The Hall–Kier alpha value is 0.170. The molecule has 0 saturated heterocycles. The van der Waals surface area contributed by atoms with Crippen LogP contribution in [0.2, 0.25) is 0 Å². The molecule has 3 atom stereocenters. The zero-order valence-corrected chi connectivity index (χ0v) is 14.1. The summed E-state index contributed by atoms with van der Waals surface area (Å²) in [4.78, 5) is 11.2.